The Balaban J connectivity index is 1.63. The number of hydrogen-bond donors (Lipinski definition) is 1. The molecule has 1 aliphatic carbocycles. The molecule has 132 valence electrons. The molecule has 0 radical (unpaired) electrons. The lowest BCUT2D eigenvalue weighted by molar-refractivity contribution is 0.617. The predicted molar refractivity (Wildman–Crippen MR) is 104 cm³/mol. The van der Waals surface area contributed by atoms with E-state index in [1.807, 2.05) is 0 Å². The second-order valence-corrected chi connectivity index (χ2v) is 7.33. The largest absolute Gasteiger partial charge is 0.367 e. The first-order valence-corrected chi connectivity index (χ1v) is 9.84. The molecule has 2 aromatic rings. The van der Waals surface area contributed by atoms with E-state index in [0.29, 0.717) is 6.04 Å². The van der Waals surface area contributed by atoms with Crippen molar-refractivity contribution in [3.63, 3.8) is 0 Å². The number of nitrogens with one attached hydrogen (secondary N) is 1. The monoisotopic (exact) mass is 336 g/mol. The molecule has 1 aromatic carbocycles. The molecule has 0 atom stereocenters. The Morgan fingerprint density at radius 1 is 0.840 bits per heavy atom. The first-order valence-electron chi connectivity index (χ1n) is 9.84. The highest BCUT2D eigenvalue weighted by molar-refractivity contribution is 5.64. The fraction of sp³-hybridized carbons (Fsp3) is 0.524. The first-order chi connectivity index (χ1) is 12.4. The summed E-state index contributed by atoms with van der Waals surface area (Å²) in [4.78, 5) is 12.1. The van der Waals surface area contributed by atoms with Crippen molar-refractivity contribution in [3.05, 3.63) is 36.4 Å². The third-order valence-corrected chi connectivity index (χ3v) is 5.38. The van der Waals surface area contributed by atoms with Crippen LogP contribution in [0.15, 0.2) is 36.4 Å². The topological polar surface area (TPSA) is 41.1 Å². The molecule has 4 heteroatoms. The number of aromatic nitrogens is 2. The molecule has 1 N–H and O–H groups in total. The number of benzene rings is 1. The van der Waals surface area contributed by atoms with Crippen molar-refractivity contribution in [3.8, 4) is 11.3 Å². The summed E-state index contributed by atoms with van der Waals surface area (Å²) >= 11 is 0. The third-order valence-electron chi connectivity index (χ3n) is 5.38. The second kappa shape index (κ2) is 7.85. The maximum Gasteiger partial charge on any atom is 0.227 e. The van der Waals surface area contributed by atoms with Crippen LogP contribution in [0, 0.1) is 0 Å². The van der Waals surface area contributed by atoms with Crippen molar-refractivity contribution in [2.24, 2.45) is 0 Å². The zero-order valence-corrected chi connectivity index (χ0v) is 15.0. The molecule has 0 unspecified atom stereocenters. The van der Waals surface area contributed by atoms with Gasteiger partial charge in [0.25, 0.3) is 0 Å². The van der Waals surface area contributed by atoms with E-state index in [9.17, 15) is 0 Å². The Bertz CT molecular complexity index is 672. The van der Waals surface area contributed by atoms with Gasteiger partial charge in [0.1, 0.15) is 5.82 Å². The molecular formula is C21H28N4. The molecule has 2 fully saturated rings. The van der Waals surface area contributed by atoms with Crippen LogP contribution >= 0.6 is 0 Å². The molecule has 0 bridgehead atoms. The van der Waals surface area contributed by atoms with Gasteiger partial charge in [-0.25, -0.2) is 4.98 Å². The quantitative estimate of drug-likeness (QED) is 0.808. The van der Waals surface area contributed by atoms with E-state index in [4.69, 9.17) is 9.97 Å². The Morgan fingerprint density at radius 2 is 1.56 bits per heavy atom. The first kappa shape index (κ1) is 16.4. The molecule has 4 rings (SSSR count). The van der Waals surface area contributed by atoms with Crippen molar-refractivity contribution < 1.29 is 0 Å². The lowest BCUT2D eigenvalue weighted by Crippen LogP contribution is -2.23. The van der Waals surface area contributed by atoms with Gasteiger partial charge in [-0.15, -0.1) is 0 Å². The molecule has 4 nitrogen and oxygen atoms in total. The molecule has 2 aliphatic rings. The van der Waals surface area contributed by atoms with E-state index >= 15 is 0 Å². The average molecular weight is 336 g/mol. The number of nitrogens with zero attached hydrogens (tertiary/aromatic N) is 3. The molecular weight excluding hydrogens is 308 g/mol. The molecule has 0 amide bonds. The van der Waals surface area contributed by atoms with Crippen molar-refractivity contribution >= 4 is 11.8 Å². The fourth-order valence-electron chi connectivity index (χ4n) is 3.96. The smallest absolute Gasteiger partial charge is 0.227 e. The van der Waals surface area contributed by atoms with Crippen LogP contribution in [0.25, 0.3) is 11.3 Å². The van der Waals surface area contributed by atoms with Crippen LogP contribution in [0.1, 0.15) is 51.4 Å². The lowest BCUT2D eigenvalue weighted by atomic mass is 10.1. The summed E-state index contributed by atoms with van der Waals surface area (Å²) in [5.41, 5.74) is 2.18. The van der Waals surface area contributed by atoms with Crippen LogP contribution in [0.5, 0.6) is 0 Å². The van der Waals surface area contributed by atoms with E-state index in [1.54, 1.807) is 0 Å². The van der Waals surface area contributed by atoms with Gasteiger partial charge < -0.3 is 10.2 Å². The van der Waals surface area contributed by atoms with E-state index < -0.39 is 0 Å². The summed E-state index contributed by atoms with van der Waals surface area (Å²) in [6.45, 7) is 2.14. The fourth-order valence-corrected chi connectivity index (χ4v) is 3.96. The van der Waals surface area contributed by atoms with Gasteiger partial charge in [-0.2, -0.15) is 4.98 Å². The van der Waals surface area contributed by atoms with Crippen LogP contribution in [0.3, 0.4) is 0 Å². The molecule has 1 saturated carbocycles. The van der Waals surface area contributed by atoms with Gasteiger partial charge in [0, 0.05) is 30.8 Å². The highest BCUT2D eigenvalue weighted by Gasteiger charge is 2.19. The van der Waals surface area contributed by atoms with Gasteiger partial charge in [-0.3, -0.25) is 0 Å². The normalized spacial score (nSPS) is 19.0. The molecule has 2 heterocycles. The van der Waals surface area contributed by atoms with Gasteiger partial charge in [-0.1, -0.05) is 56.0 Å². The number of hydrogen-bond acceptors (Lipinski definition) is 4. The standard InChI is InChI=1S/C21H28N4/c1-2-7-13-18(12-6-1)22-20-16-19(17-10-4-3-5-11-17)23-21(24-20)25-14-8-9-15-25/h3-5,10-11,16,18H,1-2,6-9,12-15H2,(H,22,23,24). The van der Waals surface area contributed by atoms with E-state index in [2.05, 4.69) is 46.6 Å². The van der Waals surface area contributed by atoms with E-state index in [1.165, 1.54) is 51.4 Å². The lowest BCUT2D eigenvalue weighted by Gasteiger charge is -2.21. The summed E-state index contributed by atoms with van der Waals surface area (Å²) in [7, 11) is 0. The van der Waals surface area contributed by atoms with Gasteiger partial charge in [0.15, 0.2) is 0 Å². The minimum Gasteiger partial charge on any atom is -0.367 e. The van der Waals surface area contributed by atoms with Crippen LogP contribution in [-0.2, 0) is 0 Å². The van der Waals surface area contributed by atoms with Gasteiger partial charge >= 0.3 is 0 Å². The van der Waals surface area contributed by atoms with Crippen molar-refractivity contribution in [1.29, 1.82) is 0 Å². The molecule has 1 aromatic heterocycles. The van der Waals surface area contributed by atoms with Gasteiger partial charge in [0.2, 0.25) is 5.95 Å². The molecule has 25 heavy (non-hydrogen) atoms. The highest BCUT2D eigenvalue weighted by atomic mass is 15.3. The van der Waals surface area contributed by atoms with Crippen LogP contribution in [0.4, 0.5) is 11.8 Å². The zero-order valence-electron chi connectivity index (χ0n) is 15.0. The Hall–Kier alpha value is -2.10. The van der Waals surface area contributed by atoms with E-state index in [0.717, 1.165) is 36.1 Å². The van der Waals surface area contributed by atoms with Gasteiger partial charge in [0.05, 0.1) is 5.69 Å². The minimum absolute atomic E-state index is 0.549. The van der Waals surface area contributed by atoms with Crippen LogP contribution in [0.2, 0.25) is 0 Å². The maximum absolute atomic E-state index is 4.87. The summed E-state index contributed by atoms with van der Waals surface area (Å²) in [6.07, 6.45) is 10.4. The Kier molecular flexibility index (Phi) is 5.14. The molecule has 1 saturated heterocycles. The summed E-state index contributed by atoms with van der Waals surface area (Å²) < 4.78 is 0. The van der Waals surface area contributed by atoms with Crippen LogP contribution < -0.4 is 10.2 Å². The van der Waals surface area contributed by atoms with E-state index in [-0.39, 0.29) is 0 Å². The van der Waals surface area contributed by atoms with Crippen molar-refractivity contribution in [2.45, 2.75) is 57.4 Å². The van der Waals surface area contributed by atoms with Crippen molar-refractivity contribution in [2.75, 3.05) is 23.3 Å². The summed E-state index contributed by atoms with van der Waals surface area (Å²) in [6, 6.07) is 13.1. The molecule has 1 aliphatic heterocycles. The number of anilines is 2. The Labute approximate surface area is 150 Å². The second-order valence-electron chi connectivity index (χ2n) is 7.33. The predicted octanol–water partition coefficient (Wildman–Crippen LogP) is 4.88. The van der Waals surface area contributed by atoms with Gasteiger partial charge in [-0.05, 0) is 25.7 Å². The summed E-state index contributed by atoms with van der Waals surface area (Å²) in [5, 5.41) is 3.72. The van der Waals surface area contributed by atoms with Crippen LogP contribution in [-0.4, -0.2) is 29.1 Å². The number of rotatable bonds is 4. The minimum atomic E-state index is 0.549. The zero-order chi connectivity index (χ0) is 16.9. The average Bonchev–Trinajstić information content (AvgIpc) is 3.08. The SMILES string of the molecule is c1ccc(-c2cc(NC3CCCCCC3)nc(N3CCCC3)n2)cc1. The summed E-state index contributed by atoms with van der Waals surface area (Å²) in [5.74, 6) is 1.87. The highest BCUT2D eigenvalue weighted by Crippen LogP contribution is 2.27. The maximum atomic E-state index is 4.87. The van der Waals surface area contributed by atoms with Crippen molar-refractivity contribution in [1.82, 2.24) is 9.97 Å². The Morgan fingerprint density at radius 3 is 2.28 bits per heavy atom. The third kappa shape index (κ3) is 4.12. The molecule has 0 spiro atoms.